The first-order valence-electron chi connectivity index (χ1n) is 3.31. The van der Waals surface area contributed by atoms with Gasteiger partial charge in [-0.3, -0.25) is 4.68 Å². The van der Waals surface area contributed by atoms with Crippen molar-refractivity contribution in [2.75, 3.05) is 0 Å². The number of nitrogens with zero attached hydrogens (tertiary/aromatic N) is 2. The van der Waals surface area contributed by atoms with E-state index in [1.807, 2.05) is 7.05 Å². The average Bonchev–Trinajstić information content (AvgIpc) is 2.30. The molecule has 0 saturated carbocycles. The normalized spacial score (nSPS) is 9.80. The minimum absolute atomic E-state index is 0.905. The second-order valence-corrected chi connectivity index (χ2v) is 2.18. The Labute approximate surface area is 60.2 Å². The largest absolute Gasteiger partial charge is 0.307 e. The standard InChI is InChI=1S/C7H11N3/c1-3-6-5-9-10(2)7(6)4-8/h4-5,8H,3H2,1-2H3. The van der Waals surface area contributed by atoms with E-state index < -0.39 is 0 Å². The predicted octanol–water partition coefficient (Wildman–Crippen LogP) is 0.980. The summed E-state index contributed by atoms with van der Waals surface area (Å²) in [6.45, 7) is 2.06. The molecule has 0 saturated heterocycles. The Bertz CT molecular complexity index is 237. The predicted molar refractivity (Wildman–Crippen MR) is 40.5 cm³/mol. The van der Waals surface area contributed by atoms with Crippen molar-refractivity contribution in [3.8, 4) is 0 Å². The van der Waals surface area contributed by atoms with Crippen molar-refractivity contribution in [3.63, 3.8) is 0 Å². The van der Waals surface area contributed by atoms with Gasteiger partial charge in [-0.2, -0.15) is 5.10 Å². The fourth-order valence-corrected chi connectivity index (χ4v) is 0.951. The van der Waals surface area contributed by atoms with Crippen molar-refractivity contribution in [1.82, 2.24) is 9.78 Å². The van der Waals surface area contributed by atoms with Crippen LogP contribution in [-0.4, -0.2) is 16.0 Å². The van der Waals surface area contributed by atoms with Crippen LogP contribution in [0.2, 0.25) is 0 Å². The lowest BCUT2D eigenvalue weighted by Gasteiger charge is -1.94. The van der Waals surface area contributed by atoms with Crippen LogP contribution in [0.25, 0.3) is 0 Å². The molecular weight excluding hydrogens is 126 g/mol. The molecule has 0 atom stereocenters. The monoisotopic (exact) mass is 137 g/mol. The van der Waals surface area contributed by atoms with Crippen LogP contribution in [0.15, 0.2) is 6.20 Å². The molecule has 1 aromatic rings. The molecule has 0 bridgehead atoms. The highest BCUT2D eigenvalue weighted by atomic mass is 15.3. The summed E-state index contributed by atoms with van der Waals surface area (Å²) in [7, 11) is 1.85. The van der Waals surface area contributed by atoms with Crippen molar-refractivity contribution < 1.29 is 0 Å². The Balaban J connectivity index is 3.12. The molecular formula is C7H11N3. The molecule has 0 amide bonds. The van der Waals surface area contributed by atoms with Crippen molar-refractivity contribution in [2.24, 2.45) is 7.05 Å². The number of hydrogen-bond acceptors (Lipinski definition) is 2. The van der Waals surface area contributed by atoms with Gasteiger partial charge in [-0.05, 0) is 12.0 Å². The Morgan fingerprint density at radius 3 is 2.90 bits per heavy atom. The molecule has 0 aliphatic carbocycles. The summed E-state index contributed by atoms with van der Waals surface area (Å²) in [6.07, 6.45) is 4.09. The van der Waals surface area contributed by atoms with Gasteiger partial charge in [0.1, 0.15) is 0 Å². The summed E-state index contributed by atoms with van der Waals surface area (Å²) in [5.41, 5.74) is 2.04. The topological polar surface area (TPSA) is 41.7 Å². The van der Waals surface area contributed by atoms with E-state index in [9.17, 15) is 0 Å². The summed E-state index contributed by atoms with van der Waals surface area (Å²) in [4.78, 5) is 0. The second kappa shape index (κ2) is 2.64. The summed E-state index contributed by atoms with van der Waals surface area (Å²) in [6, 6.07) is 0. The molecule has 1 aromatic heterocycles. The quantitative estimate of drug-likeness (QED) is 0.606. The van der Waals surface area contributed by atoms with Gasteiger partial charge in [-0.15, -0.1) is 0 Å². The van der Waals surface area contributed by atoms with Gasteiger partial charge < -0.3 is 5.41 Å². The van der Waals surface area contributed by atoms with Gasteiger partial charge in [0.05, 0.1) is 11.9 Å². The maximum absolute atomic E-state index is 7.06. The van der Waals surface area contributed by atoms with Gasteiger partial charge in [0.25, 0.3) is 0 Å². The second-order valence-electron chi connectivity index (χ2n) is 2.18. The van der Waals surface area contributed by atoms with Gasteiger partial charge in [-0.1, -0.05) is 6.92 Å². The third-order valence-electron chi connectivity index (χ3n) is 1.58. The summed E-state index contributed by atoms with van der Waals surface area (Å²) >= 11 is 0. The molecule has 1 rings (SSSR count). The first-order valence-corrected chi connectivity index (χ1v) is 3.31. The number of hydrogen-bond donors (Lipinski definition) is 1. The molecule has 0 spiro atoms. The lowest BCUT2D eigenvalue weighted by Crippen LogP contribution is -1.97. The van der Waals surface area contributed by atoms with Crippen LogP contribution >= 0.6 is 0 Å². The summed E-state index contributed by atoms with van der Waals surface area (Å²) < 4.78 is 1.71. The van der Waals surface area contributed by atoms with E-state index in [2.05, 4.69) is 12.0 Å². The van der Waals surface area contributed by atoms with Crippen molar-refractivity contribution in [1.29, 1.82) is 5.41 Å². The lowest BCUT2D eigenvalue weighted by molar-refractivity contribution is 0.760. The molecule has 0 radical (unpaired) electrons. The molecule has 0 unspecified atom stereocenters. The fourth-order valence-electron chi connectivity index (χ4n) is 0.951. The lowest BCUT2D eigenvalue weighted by atomic mass is 10.2. The molecule has 1 heterocycles. The summed E-state index contributed by atoms with van der Waals surface area (Å²) in [5, 5.41) is 11.1. The molecule has 3 nitrogen and oxygen atoms in total. The highest BCUT2D eigenvalue weighted by Crippen LogP contribution is 2.03. The maximum Gasteiger partial charge on any atom is 0.0813 e. The fraction of sp³-hybridized carbons (Fsp3) is 0.429. The molecule has 54 valence electrons. The molecule has 0 aromatic carbocycles. The third-order valence-corrected chi connectivity index (χ3v) is 1.58. The van der Waals surface area contributed by atoms with Crippen LogP contribution < -0.4 is 0 Å². The average molecular weight is 137 g/mol. The highest BCUT2D eigenvalue weighted by molar-refractivity contribution is 5.76. The zero-order valence-electron chi connectivity index (χ0n) is 6.26. The van der Waals surface area contributed by atoms with E-state index in [1.165, 1.54) is 6.21 Å². The SMILES string of the molecule is CCc1cnn(C)c1C=N. The van der Waals surface area contributed by atoms with E-state index >= 15 is 0 Å². The van der Waals surface area contributed by atoms with E-state index in [4.69, 9.17) is 5.41 Å². The zero-order chi connectivity index (χ0) is 7.56. The number of aromatic nitrogens is 2. The minimum Gasteiger partial charge on any atom is -0.307 e. The van der Waals surface area contributed by atoms with Gasteiger partial charge in [0.2, 0.25) is 0 Å². The van der Waals surface area contributed by atoms with Crippen LogP contribution in [0.4, 0.5) is 0 Å². The first kappa shape index (κ1) is 6.99. The highest BCUT2D eigenvalue weighted by Gasteiger charge is 2.01. The van der Waals surface area contributed by atoms with Crippen molar-refractivity contribution >= 4 is 6.21 Å². The van der Waals surface area contributed by atoms with E-state index in [-0.39, 0.29) is 0 Å². The Morgan fingerprint density at radius 1 is 1.80 bits per heavy atom. The van der Waals surface area contributed by atoms with E-state index in [0.717, 1.165) is 17.7 Å². The number of aryl methyl sites for hydroxylation is 2. The minimum atomic E-state index is 0.905. The molecule has 3 heteroatoms. The zero-order valence-corrected chi connectivity index (χ0v) is 6.26. The van der Waals surface area contributed by atoms with Gasteiger partial charge >= 0.3 is 0 Å². The molecule has 0 fully saturated rings. The molecule has 0 aliphatic heterocycles. The van der Waals surface area contributed by atoms with Gasteiger partial charge in [-0.25, -0.2) is 0 Å². The Hall–Kier alpha value is -1.12. The van der Waals surface area contributed by atoms with Crippen molar-refractivity contribution in [3.05, 3.63) is 17.5 Å². The molecule has 10 heavy (non-hydrogen) atoms. The van der Waals surface area contributed by atoms with Crippen LogP contribution in [0.5, 0.6) is 0 Å². The van der Waals surface area contributed by atoms with E-state index in [1.54, 1.807) is 10.9 Å². The molecule has 1 N–H and O–H groups in total. The van der Waals surface area contributed by atoms with Gasteiger partial charge in [0.15, 0.2) is 0 Å². The van der Waals surface area contributed by atoms with E-state index in [0.29, 0.717) is 0 Å². The molecule has 0 aliphatic rings. The van der Waals surface area contributed by atoms with Gasteiger partial charge in [0, 0.05) is 13.3 Å². The summed E-state index contributed by atoms with van der Waals surface area (Å²) in [5.74, 6) is 0. The van der Waals surface area contributed by atoms with Crippen LogP contribution in [-0.2, 0) is 13.5 Å². The smallest absolute Gasteiger partial charge is 0.0813 e. The van der Waals surface area contributed by atoms with Crippen molar-refractivity contribution in [2.45, 2.75) is 13.3 Å². The Kier molecular flexibility index (Phi) is 1.85. The first-order chi connectivity index (χ1) is 4.79. The van der Waals surface area contributed by atoms with Crippen LogP contribution in [0, 0.1) is 5.41 Å². The van der Waals surface area contributed by atoms with Crippen LogP contribution in [0.3, 0.4) is 0 Å². The Morgan fingerprint density at radius 2 is 2.50 bits per heavy atom. The number of nitrogens with one attached hydrogen (secondary N) is 1. The maximum atomic E-state index is 7.06. The van der Waals surface area contributed by atoms with Crippen LogP contribution in [0.1, 0.15) is 18.2 Å². The number of rotatable bonds is 2. The third kappa shape index (κ3) is 0.943.